The number of nitrogens with one attached hydrogen (secondary N) is 1. The summed E-state index contributed by atoms with van der Waals surface area (Å²) < 4.78 is 6.04. The van der Waals surface area contributed by atoms with Gasteiger partial charge in [0, 0.05) is 18.5 Å². The lowest BCUT2D eigenvalue weighted by atomic mass is 10.0. The Labute approximate surface area is 112 Å². The van der Waals surface area contributed by atoms with Crippen LogP contribution < -0.4 is 10.1 Å². The highest BCUT2D eigenvalue weighted by molar-refractivity contribution is 5.48. The third kappa shape index (κ3) is 2.52. The summed E-state index contributed by atoms with van der Waals surface area (Å²) in [6.45, 7) is 4.96. The number of para-hydroxylation sites is 1. The number of hydrogen-bond donors (Lipinski definition) is 1. The van der Waals surface area contributed by atoms with Gasteiger partial charge in [0.25, 0.3) is 0 Å². The van der Waals surface area contributed by atoms with Gasteiger partial charge in [0.2, 0.25) is 0 Å². The van der Waals surface area contributed by atoms with Crippen molar-refractivity contribution >= 4 is 5.69 Å². The number of benzene rings is 1. The van der Waals surface area contributed by atoms with Crippen LogP contribution in [0.2, 0.25) is 0 Å². The van der Waals surface area contributed by atoms with Gasteiger partial charge in [0.1, 0.15) is 17.7 Å². The van der Waals surface area contributed by atoms with E-state index in [0.29, 0.717) is 6.54 Å². The van der Waals surface area contributed by atoms with Crippen molar-refractivity contribution < 1.29 is 4.74 Å². The van der Waals surface area contributed by atoms with Crippen LogP contribution in [0.4, 0.5) is 5.69 Å². The zero-order chi connectivity index (χ0) is 13.3. The molecule has 0 saturated heterocycles. The van der Waals surface area contributed by atoms with E-state index in [1.54, 1.807) is 12.4 Å². The van der Waals surface area contributed by atoms with Gasteiger partial charge in [0.05, 0.1) is 18.1 Å². The molecule has 0 aliphatic carbocycles. The second-order valence-electron chi connectivity index (χ2n) is 5.42. The van der Waals surface area contributed by atoms with Crippen LogP contribution in [0.25, 0.3) is 0 Å². The summed E-state index contributed by atoms with van der Waals surface area (Å²) in [4.78, 5) is 7.98. The predicted molar refractivity (Wildman–Crippen MR) is 74.2 cm³/mol. The van der Waals surface area contributed by atoms with Gasteiger partial charge in [-0.15, -0.1) is 0 Å². The molecule has 1 aliphatic heterocycles. The van der Waals surface area contributed by atoms with Crippen LogP contribution in [0, 0.1) is 0 Å². The minimum Gasteiger partial charge on any atom is -0.487 e. The van der Waals surface area contributed by atoms with E-state index < -0.39 is 0 Å². The number of fused-ring (bicyclic) bond motifs is 1. The first-order valence-corrected chi connectivity index (χ1v) is 6.43. The smallest absolute Gasteiger partial charge is 0.128 e. The van der Waals surface area contributed by atoms with Crippen LogP contribution in [0.15, 0.2) is 36.9 Å². The molecular formula is C15H17N3O. The van der Waals surface area contributed by atoms with Crippen molar-refractivity contribution in [2.24, 2.45) is 0 Å². The maximum absolute atomic E-state index is 6.04. The van der Waals surface area contributed by atoms with Gasteiger partial charge in [-0.05, 0) is 19.4 Å². The Morgan fingerprint density at radius 3 is 2.84 bits per heavy atom. The molecule has 2 aromatic rings. The Morgan fingerprint density at radius 2 is 2.05 bits per heavy atom. The molecule has 0 amide bonds. The molecule has 0 atom stereocenters. The van der Waals surface area contributed by atoms with Crippen molar-refractivity contribution in [2.75, 3.05) is 5.32 Å². The second kappa shape index (κ2) is 4.53. The lowest BCUT2D eigenvalue weighted by molar-refractivity contribution is 0.137. The number of ether oxygens (including phenoxy) is 1. The molecule has 3 rings (SSSR count). The highest BCUT2D eigenvalue weighted by Gasteiger charge is 2.31. The number of aromatic nitrogens is 2. The minimum atomic E-state index is -0.103. The van der Waals surface area contributed by atoms with Crippen LogP contribution in [0.1, 0.15) is 25.0 Å². The van der Waals surface area contributed by atoms with Crippen molar-refractivity contribution in [1.29, 1.82) is 0 Å². The summed E-state index contributed by atoms with van der Waals surface area (Å²) in [6, 6.07) is 6.32. The van der Waals surface area contributed by atoms with Crippen molar-refractivity contribution in [2.45, 2.75) is 32.4 Å². The third-order valence-electron chi connectivity index (χ3n) is 3.22. The lowest BCUT2D eigenvalue weighted by Gasteiger charge is -2.18. The lowest BCUT2D eigenvalue weighted by Crippen LogP contribution is -2.25. The predicted octanol–water partition coefficient (Wildman–Crippen LogP) is 2.80. The normalized spacial score (nSPS) is 15.7. The minimum absolute atomic E-state index is 0.103. The van der Waals surface area contributed by atoms with Gasteiger partial charge in [-0.25, -0.2) is 9.97 Å². The van der Waals surface area contributed by atoms with Crippen LogP contribution in [0.3, 0.4) is 0 Å². The summed E-state index contributed by atoms with van der Waals surface area (Å²) in [6.07, 6.45) is 6.02. The van der Waals surface area contributed by atoms with Crippen LogP contribution >= 0.6 is 0 Å². The van der Waals surface area contributed by atoms with Crippen molar-refractivity contribution in [3.8, 4) is 5.75 Å². The first-order chi connectivity index (χ1) is 9.14. The quantitative estimate of drug-likeness (QED) is 0.916. The van der Waals surface area contributed by atoms with Gasteiger partial charge in [0.15, 0.2) is 0 Å². The largest absolute Gasteiger partial charge is 0.487 e. The molecule has 98 valence electrons. The Bertz CT molecular complexity index is 581. The molecule has 19 heavy (non-hydrogen) atoms. The molecule has 2 heterocycles. The Morgan fingerprint density at radius 1 is 1.26 bits per heavy atom. The highest BCUT2D eigenvalue weighted by Crippen LogP contribution is 2.37. The zero-order valence-electron chi connectivity index (χ0n) is 11.2. The van der Waals surface area contributed by atoms with E-state index in [9.17, 15) is 0 Å². The van der Waals surface area contributed by atoms with Crippen LogP contribution in [-0.2, 0) is 13.0 Å². The van der Waals surface area contributed by atoms with Gasteiger partial charge < -0.3 is 10.1 Å². The molecule has 0 spiro atoms. The fraction of sp³-hybridized carbons (Fsp3) is 0.333. The van der Waals surface area contributed by atoms with E-state index >= 15 is 0 Å². The zero-order valence-corrected chi connectivity index (χ0v) is 11.2. The van der Waals surface area contributed by atoms with Gasteiger partial charge in [-0.1, -0.05) is 18.2 Å². The molecule has 0 bridgehead atoms. The van der Waals surface area contributed by atoms with Crippen LogP contribution in [0.5, 0.6) is 5.75 Å². The summed E-state index contributed by atoms with van der Waals surface area (Å²) in [5.74, 6) is 1.02. The second-order valence-corrected chi connectivity index (χ2v) is 5.42. The monoisotopic (exact) mass is 255 g/mol. The van der Waals surface area contributed by atoms with E-state index in [1.807, 2.05) is 0 Å². The molecule has 0 unspecified atom stereocenters. The van der Waals surface area contributed by atoms with Gasteiger partial charge in [-0.3, -0.25) is 0 Å². The molecular weight excluding hydrogens is 238 g/mol. The van der Waals surface area contributed by atoms with E-state index in [-0.39, 0.29) is 5.60 Å². The molecule has 0 radical (unpaired) electrons. The van der Waals surface area contributed by atoms with E-state index in [4.69, 9.17) is 4.74 Å². The fourth-order valence-corrected chi connectivity index (χ4v) is 2.41. The molecule has 0 saturated carbocycles. The molecule has 1 aliphatic rings. The Kier molecular flexibility index (Phi) is 2.85. The Hall–Kier alpha value is -2.10. The average Bonchev–Trinajstić information content (AvgIpc) is 2.72. The van der Waals surface area contributed by atoms with Crippen molar-refractivity contribution in [3.05, 3.63) is 48.0 Å². The van der Waals surface area contributed by atoms with Gasteiger partial charge >= 0.3 is 0 Å². The van der Waals surface area contributed by atoms with Gasteiger partial charge in [-0.2, -0.15) is 0 Å². The third-order valence-corrected chi connectivity index (χ3v) is 3.22. The number of anilines is 1. The summed E-state index contributed by atoms with van der Waals surface area (Å²) >= 11 is 0. The van der Waals surface area contributed by atoms with Crippen LogP contribution in [-0.4, -0.2) is 15.6 Å². The molecule has 1 aromatic heterocycles. The number of rotatable bonds is 3. The summed E-state index contributed by atoms with van der Waals surface area (Å²) in [5.41, 5.74) is 3.27. The molecule has 1 N–H and O–H groups in total. The Balaban J connectivity index is 1.79. The van der Waals surface area contributed by atoms with Crippen molar-refractivity contribution in [3.63, 3.8) is 0 Å². The van der Waals surface area contributed by atoms with E-state index in [2.05, 4.69) is 47.3 Å². The maximum atomic E-state index is 6.04. The summed E-state index contributed by atoms with van der Waals surface area (Å²) in [7, 11) is 0. The molecule has 4 nitrogen and oxygen atoms in total. The summed E-state index contributed by atoms with van der Waals surface area (Å²) in [5, 5.41) is 3.31. The van der Waals surface area contributed by atoms with E-state index in [1.165, 1.54) is 17.5 Å². The average molecular weight is 255 g/mol. The van der Waals surface area contributed by atoms with Crippen molar-refractivity contribution in [1.82, 2.24) is 9.97 Å². The fourth-order valence-electron chi connectivity index (χ4n) is 2.41. The highest BCUT2D eigenvalue weighted by atomic mass is 16.5. The molecule has 0 fully saturated rings. The standard InChI is InChI=1S/C15H17N3O/c1-15(2)6-11-4-3-5-12(14(11)19-15)7-18-13-8-16-10-17-9-13/h3-5,8-10,18H,6-7H2,1-2H3. The topological polar surface area (TPSA) is 47.0 Å². The SMILES string of the molecule is CC1(C)Cc2cccc(CNc3cncnc3)c2O1. The molecule has 4 heteroatoms. The number of hydrogen-bond acceptors (Lipinski definition) is 4. The molecule has 1 aromatic carbocycles. The maximum Gasteiger partial charge on any atom is 0.128 e. The van der Waals surface area contributed by atoms with E-state index in [0.717, 1.165) is 17.9 Å². The number of nitrogens with zero attached hydrogens (tertiary/aromatic N) is 2. The first kappa shape index (κ1) is 12.0. The first-order valence-electron chi connectivity index (χ1n) is 6.43.